The molecular weight excluding hydrogens is 362 g/mol. The van der Waals surface area contributed by atoms with Crippen molar-refractivity contribution in [2.24, 2.45) is 0 Å². The van der Waals surface area contributed by atoms with Gasteiger partial charge in [-0.3, -0.25) is 4.79 Å². The molecular formula is C21H25NO6. The third-order valence-corrected chi connectivity index (χ3v) is 5.05. The highest BCUT2D eigenvalue weighted by atomic mass is 16.8. The number of fused-ring (bicyclic) bond motifs is 2. The first-order valence-electron chi connectivity index (χ1n) is 9.41. The van der Waals surface area contributed by atoms with E-state index in [-0.39, 0.29) is 12.5 Å². The molecule has 0 spiro atoms. The van der Waals surface area contributed by atoms with E-state index in [1.54, 1.807) is 13.8 Å². The standard InChI is InChI=1S/C21H25NO6/c1-12(23)22-17-18(24)19-16(11-25-21(2,3)28-19)27-20(17)26-15-10-6-8-13-7-4-5-9-14(13)15/h4-10,16-20,24H,11H2,1-3H3,(H,22,23)/t16-,17+,18+,19-,20-/m1/s1. The van der Waals surface area contributed by atoms with Crippen LogP contribution in [0.2, 0.25) is 0 Å². The van der Waals surface area contributed by atoms with Gasteiger partial charge in [-0.2, -0.15) is 0 Å². The molecule has 0 bridgehead atoms. The van der Waals surface area contributed by atoms with E-state index in [0.717, 1.165) is 10.8 Å². The van der Waals surface area contributed by atoms with Crippen molar-refractivity contribution in [1.29, 1.82) is 0 Å². The van der Waals surface area contributed by atoms with Crippen LogP contribution in [0.15, 0.2) is 42.5 Å². The number of hydrogen-bond donors (Lipinski definition) is 2. The molecule has 0 unspecified atom stereocenters. The first-order valence-corrected chi connectivity index (χ1v) is 9.41. The van der Waals surface area contributed by atoms with Crippen LogP contribution in [0.25, 0.3) is 10.8 Å². The molecule has 2 aromatic carbocycles. The smallest absolute Gasteiger partial charge is 0.223 e. The van der Waals surface area contributed by atoms with Crippen molar-refractivity contribution in [1.82, 2.24) is 5.32 Å². The number of carbonyl (C=O) groups excluding carboxylic acids is 1. The van der Waals surface area contributed by atoms with E-state index < -0.39 is 36.4 Å². The topological polar surface area (TPSA) is 86.3 Å². The summed E-state index contributed by atoms with van der Waals surface area (Å²) in [7, 11) is 0. The summed E-state index contributed by atoms with van der Waals surface area (Å²) in [5.74, 6) is -0.513. The summed E-state index contributed by atoms with van der Waals surface area (Å²) in [4.78, 5) is 11.8. The van der Waals surface area contributed by atoms with Crippen LogP contribution < -0.4 is 10.1 Å². The van der Waals surface area contributed by atoms with Gasteiger partial charge in [-0.15, -0.1) is 0 Å². The van der Waals surface area contributed by atoms with Crippen LogP contribution in [0.4, 0.5) is 0 Å². The zero-order valence-corrected chi connectivity index (χ0v) is 16.1. The average molecular weight is 387 g/mol. The van der Waals surface area contributed by atoms with E-state index >= 15 is 0 Å². The van der Waals surface area contributed by atoms with Crippen LogP contribution in [0, 0.1) is 0 Å². The molecule has 0 radical (unpaired) electrons. The van der Waals surface area contributed by atoms with Gasteiger partial charge in [-0.05, 0) is 25.3 Å². The van der Waals surface area contributed by atoms with Crippen LogP contribution in [0.5, 0.6) is 5.75 Å². The SMILES string of the molecule is CC(=O)N[C@@H]1[C@H](Oc2cccc3ccccc23)O[C@@H]2COC(C)(C)O[C@H]2[C@H]1O. The van der Waals surface area contributed by atoms with Gasteiger partial charge in [-0.1, -0.05) is 36.4 Å². The molecule has 150 valence electrons. The second-order valence-corrected chi connectivity index (χ2v) is 7.65. The Hall–Kier alpha value is -2.19. The maximum atomic E-state index is 11.8. The molecule has 5 atom stereocenters. The highest BCUT2D eigenvalue weighted by Gasteiger charge is 2.52. The molecule has 0 aromatic heterocycles. The molecule has 4 rings (SSSR count). The molecule has 0 saturated carbocycles. The van der Waals surface area contributed by atoms with Crippen molar-refractivity contribution in [2.45, 2.75) is 57.2 Å². The summed E-state index contributed by atoms with van der Waals surface area (Å²) in [5, 5.41) is 15.6. The van der Waals surface area contributed by atoms with Crippen molar-refractivity contribution >= 4 is 16.7 Å². The summed E-state index contributed by atoms with van der Waals surface area (Å²) in [5.41, 5.74) is 0. The fraction of sp³-hybridized carbons (Fsp3) is 0.476. The zero-order valence-electron chi connectivity index (χ0n) is 16.1. The number of nitrogens with one attached hydrogen (secondary N) is 1. The lowest BCUT2D eigenvalue weighted by Crippen LogP contribution is -2.69. The molecule has 2 saturated heterocycles. The predicted molar refractivity (Wildman–Crippen MR) is 102 cm³/mol. The van der Waals surface area contributed by atoms with Crippen LogP contribution in [-0.2, 0) is 19.0 Å². The van der Waals surface area contributed by atoms with Crippen molar-refractivity contribution < 1.29 is 28.8 Å². The van der Waals surface area contributed by atoms with E-state index in [4.69, 9.17) is 18.9 Å². The zero-order chi connectivity index (χ0) is 19.9. The number of ether oxygens (including phenoxy) is 4. The minimum absolute atomic E-state index is 0.261. The number of aliphatic hydroxyl groups excluding tert-OH is 1. The van der Waals surface area contributed by atoms with Crippen LogP contribution in [-0.4, -0.2) is 54.1 Å². The Bertz CT molecular complexity index is 864. The Labute approximate surface area is 163 Å². The Morgan fingerprint density at radius 1 is 1.21 bits per heavy atom. The molecule has 0 aliphatic carbocycles. The van der Waals surface area contributed by atoms with Gasteiger partial charge in [0.05, 0.1) is 6.61 Å². The Morgan fingerprint density at radius 2 is 1.96 bits per heavy atom. The van der Waals surface area contributed by atoms with Crippen LogP contribution >= 0.6 is 0 Å². The monoisotopic (exact) mass is 387 g/mol. The van der Waals surface area contributed by atoms with Crippen molar-refractivity contribution in [3.05, 3.63) is 42.5 Å². The predicted octanol–water partition coefficient (Wildman–Crippen LogP) is 1.96. The van der Waals surface area contributed by atoms with Crippen LogP contribution in [0.3, 0.4) is 0 Å². The van der Waals surface area contributed by atoms with E-state index in [2.05, 4.69) is 5.32 Å². The minimum Gasteiger partial charge on any atom is -0.462 e. The molecule has 2 aliphatic rings. The summed E-state index contributed by atoms with van der Waals surface area (Å²) in [6.07, 6.45) is -3.04. The van der Waals surface area contributed by atoms with E-state index in [1.807, 2.05) is 42.5 Å². The van der Waals surface area contributed by atoms with E-state index in [1.165, 1.54) is 6.92 Å². The number of amides is 1. The summed E-state index contributed by atoms with van der Waals surface area (Å²) >= 11 is 0. The highest BCUT2D eigenvalue weighted by Crippen LogP contribution is 2.34. The lowest BCUT2D eigenvalue weighted by Gasteiger charge is -2.49. The maximum absolute atomic E-state index is 11.8. The number of benzene rings is 2. The summed E-state index contributed by atoms with van der Waals surface area (Å²) in [6, 6.07) is 12.8. The van der Waals surface area contributed by atoms with Gasteiger partial charge in [-0.25, -0.2) is 0 Å². The van der Waals surface area contributed by atoms with Crippen LogP contribution in [0.1, 0.15) is 20.8 Å². The molecule has 2 heterocycles. The Kier molecular flexibility index (Phi) is 5.01. The number of aliphatic hydroxyl groups is 1. The van der Waals surface area contributed by atoms with E-state index in [0.29, 0.717) is 5.75 Å². The average Bonchev–Trinajstić information content (AvgIpc) is 2.65. The third-order valence-electron chi connectivity index (χ3n) is 5.05. The van der Waals surface area contributed by atoms with Crippen molar-refractivity contribution in [2.75, 3.05) is 6.61 Å². The van der Waals surface area contributed by atoms with Gasteiger partial charge in [0, 0.05) is 12.3 Å². The first kappa shape index (κ1) is 19.1. The Balaban J connectivity index is 1.63. The van der Waals surface area contributed by atoms with Gasteiger partial charge in [0.1, 0.15) is 30.1 Å². The van der Waals surface area contributed by atoms with E-state index in [9.17, 15) is 9.90 Å². The first-order chi connectivity index (χ1) is 13.3. The lowest BCUT2D eigenvalue weighted by atomic mass is 9.95. The van der Waals surface area contributed by atoms with Gasteiger partial charge in [0.15, 0.2) is 5.79 Å². The molecule has 7 heteroatoms. The summed E-state index contributed by atoms with van der Waals surface area (Å²) < 4.78 is 23.8. The molecule has 7 nitrogen and oxygen atoms in total. The number of rotatable bonds is 3. The second kappa shape index (κ2) is 7.33. The van der Waals surface area contributed by atoms with Gasteiger partial charge < -0.3 is 29.4 Å². The summed E-state index contributed by atoms with van der Waals surface area (Å²) in [6.45, 7) is 5.21. The van der Waals surface area contributed by atoms with Crippen molar-refractivity contribution in [3.8, 4) is 5.75 Å². The third kappa shape index (κ3) is 3.71. The van der Waals surface area contributed by atoms with Crippen molar-refractivity contribution in [3.63, 3.8) is 0 Å². The van der Waals surface area contributed by atoms with Gasteiger partial charge in [0.2, 0.25) is 12.2 Å². The molecule has 2 N–H and O–H groups in total. The highest BCUT2D eigenvalue weighted by molar-refractivity contribution is 5.88. The largest absolute Gasteiger partial charge is 0.462 e. The van der Waals surface area contributed by atoms with Gasteiger partial charge >= 0.3 is 0 Å². The Morgan fingerprint density at radius 3 is 2.75 bits per heavy atom. The second-order valence-electron chi connectivity index (χ2n) is 7.65. The molecule has 2 aliphatic heterocycles. The lowest BCUT2D eigenvalue weighted by molar-refractivity contribution is -0.361. The molecule has 28 heavy (non-hydrogen) atoms. The quantitative estimate of drug-likeness (QED) is 0.837. The molecule has 2 aromatic rings. The normalized spacial score (nSPS) is 31.8. The minimum atomic E-state index is -1.01. The van der Waals surface area contributed by atoms with Gasteiger partial charge in [0.25, 0.3) is 0 Å². The maximum Gasteiger partial charge on any atom is 0.223 e. The molecule has 2 fully saturated rings. The number of hydrogen-bond acceptors (Lipinski definition) is 6. The fourth-order valence-corrected chi connectivity index (χ4v) is 3.76. The fourth-order valence-electron chi connectivity index (χ4n) is 3.76. The molecule has 1 amide bonds. The number of carbonyl (C=O) groups is 1.